The number of carbonyl (C=O) groups excluding carboxylic acids is 1. The van der Waals surface area contributed by atoms with Crippen molar-refractivity contribution in [3.8, 4) is 16.6 Å². The normalized spacial score (nSPS) is 15.4. The van der Waals surface area contributed by atoms with Crippen LogP contribution in [0.1, 0.15) is 49.4 Å². The number of nitrogens with one attached hydrogen (secondary N) is 1. The van der Waals surface area contributed by atoms with Gasteiger partial charge in [0.05, 0.1) is 29.1 Å². The standard InChI is InChI=1S/C25H26N4O3S/c1-4-12-32-17-8-6-16(7-9-17)19-14-22(30)27-24-23(19)15(3)28-29(24)25-26-20-11-10-18(31-5-2)13-21(20)33-25/h6-11,13,19H,4-5,12,14H2,1-3H3,(H,27,30)/t19-/m1/s1. The summed E-state index contributed by atoms with van der Waals surface area (Å²) in [5.41, 5.74) is 3.87. The second-order valence-electron chi connectivity index (χ2n) is 8.04. The van der Waals surface area contributed by atoms with E-state index >= 15 is 0 Å². The molecule has 7 nitrogen and oxygen atoms in total. The lowest BCUT2D eigenvalue weighted by Crippen LogP contribution is -2.24. The van der Waals surface area contributed by atoms with Crippen LogP contribution in [0.5, 0.6) is 11.5 Å². The summed E-state index contributed by atoms with van der Waals surface area (Å²) in [6.07, 6.45) is 1.34. The largest absolute Gasteiger partial charge is 0.494 e. The van der Waals surface area contributed by atoms with Gasteiger partial charge in [0.25, 0.3) is 0 Å². The van der Waals surface area contributed by atoms with Crippen molar-refractivity contribution in [2.45, 2.75) is 39.5 Å². The number of rotatable bonds is 7. The number of carbonyl (C=O) groups is 1. The van der Waals surface area contributed by atoms with E-state index in [4.69, 9.17) is 19.6 Å². The number of fused-ring (bicyclic) bond motifs is 2. The third-order valence-corrected chi connectivity index (χ3v) is 6.69. The highest BCUT2D eigenvalue weighted by molar-refractivity contribution is 7.20. The summed E-state index contributed by atoms with van der Waals surface area (Å²) >= 11 is 1.53. The molecule has 1 aliphatic heterocycles. The fourth-order valence-corrected chi connectivity index (χ4v) is 5.18. The average molecular weight is 463 g/mol. The molecule has 1 aliphatic rings. The zero-order valence-electron chi connectivity index (χ0n) is 18.9. The summed E-state index contributed by atoms with van der Waals surface area (Å²) in [6.45, 7) is 7.34. The first kappa shape index (κ1) is 21.5. The fourth-order valence-electron chi connectivity index (χ4n) is 4.23. The Morgan fingerprint density at radius 1 is 1.12 bits per heavy atom. The Morgan fingerprint density at radius 2 is 1.91 bits per heavy atom. The van der Waals surface area contributed by atoms with E-state index in [9.17, 15) is 4.79 Å². The van der Waals surface area contributed by atoms with Crippen LogP contribution < -0.4 is 14.8 Å². The van der Waals surface area contributed by atoms with Crippen molar-refractivity contribution in [1.82, 2.24) is 14.8 Å². The van der Waals surface area contributed by atoms with Gasteiger partial charge in [-0.1, -0.05) is 30.4 Å². The minimum atomic E-state index is -0.0679. The first-order valence-corrected chi connectivity index (χ1v) is 12.0. The van der Waals surface area contributed by atoms with Crippen molar-refractivity contribution in [1.29, 1.82) is 0 Å². The molecule has 0 unspecified atom stereocenters. The summed E-state index contributed by atoms with van der Waals surface area (Å²) in [5, 5.41) is 8.54. The number of hydrogen-bond acceptors (Lipinski definition) is 6. The molecule has 0 saturated heterocycles. The minimum Gasteiger partial charge on any atom is -0.494 e. The zero-order chi connectivity index (χ0) is 22.9. The van der Waals surface area contributed by atoms with Crippen LogP contribution >= 0.6 is 11.3 Å². The minimum absolute atomic E-state index is 0.0281. The van der Waals surface area contributed by atoms with Crippen LogP contribution in [0.25, 0.3) is 15.3 Å². The molecule has 1 amide bonds. The van der Waals surface area contributed by atoms with Gasteiger partial charge in [-0.05, 0) is 56.2 Å². The summed E-state index contributed by atoms with van der Waals surface area (Å²) < 4.78 is 14.1. The van der Waals surface area contributed by atoms with Crippen LogP contribution in [0, 0.1) is 6.92 Å². The first-order chi connectivity index (χ1) is 16.1. The van der Waals surface area contributed by atoms with E-state index < -0.39 is 0 Å². The molecule has 33 heavy (non-hydrogen) atoms. The molecule has 2 aromatic carbocycles. The van der Waals surface area contributed by atoms with Crippen molar-refractivity contribution in [3.05, 3.63) is 59.3 Å². The lowest BCUT2D eigenvalue weighted by atomic mass is 9.86. The Balaban J connectivity index is 1.53. The second kappa shape index (κ2) is 8.86. The molecule has 0 fully saturated rings. The van der Waals surface area contributed by atoms with Crippen LogP contribution in [-0.4, -0.2) is 33.9 Å². The first-order valence-electron chi connectivity index (χ1n) is 11.2. The van der Waals surface area contributed by atoms with Crippen LogP contribution in [0.15, 0.2) is 42.5 Å². The molecule has 1 N–H and O–H groups in total. The van der Waals surface area contributed by atoms with Gasteiger partial charge in [0.2, 0.25) is 11.0 Å². The number of aromatic nitrogens is 3. The number of amides is 1. The van der Waals surface area contributed by atoms with Gasteiger partial charge in [-0.2, -0.15) is 9.78 Å². The van der Waals surface area contributed by atoms with E-state index in [1.54, 1.807) is 4.68 Å². The highest BCUT2D eigenvalue weighted by Crippen LogP contribution is 2.41. The van der Waals surface area contributed by atoms with Gasteiger partial charge in [-0.25, -0.2) is 4.98 Å². The van der Waals surface area contributed by atoms with E-state index in [1.807, 2.05) is 56.3 Å². The molecular formula is C25H26N4O3S. The average Bonchev–Trinajstić information content (AvgIpc) is 3.38. The highest BCUT2D eigenvalue weighted by Gasteiger charge is 2.33. The Kier molecular flexibility index (Phi) is 5.76. The molecule has 4 aromatic rings. The molecule has 3 heterocycles. The summed E-state index contributed by atoms with van der Waals surface area (Å²) in [7, 11) is 0. The molecule has 0 bridgehead atoms. The quantitative estimate of drug-likeness (QED) is 0.395. The van der Waals surface area contributed by atoms with Gasteiger partial charge in [0.15, 0.2) is 0 Å². The van der Waals surface area contributed by atoms with E-state index in [2.05, 4.69) is 12.2 Å². The van der Waals surface area contributed by atoms with Crippen molar-refractivity contribution >= 4 is 33.3 Å². The number of anilines is 1. The number of aryl methyl sites for hydroxylation is 1. The van der Waals surface area contributed by atoms with Crippen molar-refractivity contribution < 1.29 is 14.3 Å². The SMILES string of the molecule is CCCOc1ccc([C@H]2CC(=O)Nc3c2c(C)nn3-c2nc3ccc(OCC)cc3s2)cc1. The predicted octanol–water partition coefficient (Wildman–Crippen LogP) is 5.45. The number of benzene rings is 2. The van der Waals surface area contributed by atoms with Gasteiger partial charge in [0.1, 0.15) is 17.3 Å². The number of nitrogens with zero attached hydrogens (tertiary/aromatic N) is 3. The van der Waals surface area contributed by atoms with E-state index in [0.29, 0.717) is 30.6 Å². The molecule has 8 heteroatoms. The molecule has 0 radical (unpaired) electrons. The van der Waals surface area contributed by atoms with Crippen LogP contribution in [0.2, 0.25) is 0 Å². The van der Waals surface area contributed by atoms with Crippen LogP contribution in [0.3, 0.4) is 0 Å². The molecule has 170 valence electrons. The lowest BCUT2D eigenvalue weighted by Gasteiger charge is -2.24. The van der Waals surface area contributed by atoms with Gasteiger partial charge in [-0.15, -0.1) is 0 Å². The molecule has 5 rings (SSSR count). The Morgan fingerprint density at radius 3 is 2.67 bits per heavy atom. The van der Waals surface area contributed by atoms with Crippen LogP contribution in [-0.2, 0) is 4.79 Å². The van der Waals surface area contributed by atoms with Crippen molar-refractivity contribution in [3.63, 3.8) is 0 Å². The maximum atomic E-state index is 12.7. The molecule has 0 saturated carbocycles. The van der Waals surface area contributed by atoms with Crippen molar-refractivity contribution in [2.24, 2.45) is 0 Å². The Hall–Kier alpha value is -3.39. The predicted molar refractivity (Wildman–Crippen MR) is 130 cm³/mol. The third-order valence-electron chi connectivity index (χ3n) is 5.70. The van der Waals surface area contributed by atoms with E-state index in [-0.39, 0.29) is 11.8 Å². The maximum Gasteiger partial charge on any atom is 0.226 e. The Bertz CT molecular complexity index is 1310. The number of hydrogen-bond donors (Lipinski definition) is 1. The van der Waals surface area contributed by atoms with E-state index in [1.165, 1.54) is 11.3 Å². The van der Waals surface area contributed by atoms with Gasteiger partial charge in [0, 0.05) is 17.9 Å². The zero-order valence-corrected chi connectivity index (χ0v) is 19.7. The number of thiazole rings is 1. The van der Waals surface area contributed by atoms with Gasteiger partial charge < -0.3 is 14.8 Å². The second-order valence-corrected chi connectivity index (χ2v) is 9.05. The molecule has 1 atom stereocenters. The van der Waals surface area contributed by atoms with Crippen molar-refractivity contribution in [2.75, 3.05) is 18.5 Å². The summed E-state index contributed by atoms with van der Waals surface area (Å²) in [4.78, 5) is 17.5. The Labute approximate surface area is 196 Å². The molecule has 0 aliphatic carbocycles. The van der Waals surface area contributed by atoms with Crippen LogP contribution in [0.4, 0.5) is 5.82 Å². The van der Waals surface area contributed by atoms with Gasteiger partial charge in [-0.3, -0.25) is 4.79 Å². The summed E-state index contributed by atoms with van der Waals surface area (Å²) in [6, 6.07) is 13.9. The summed E-state index contributed by atoms with van der Waals surface area (Å²) in [5.74, 6) is 2.26. The molecule has 2 aromatic heterocycles. The monoisotopic (exact) mass is 462 g/mol. The molecule has 0 spiro atoms. The smallest absolute Gasteiger partial charge is 0.226 e. The van der Waals surface area contributed by atoms with Gasteiger partial charge >= 0.3 is 0 Å². The lowest BCUT2D eigenvalue weighted by molar-refractivity contribution is -0.116. The highest BCUT2D eigenvalue weighted by atomic mass is 32.1. The molecular weight excluding hydrogens is 436 g/mol. The number of ether oxygens (including phenoxy) is 2. The topological polar surface area (TPSA) is 78.3 Å². The fraction of sp³-hybridized carbons (Fsp3) is 0.320. The van der Waals surface area contributed by atoms with E-state index in [0.717, 1.165) is 45.0 Å². The maximum absolute atomic E-state index is 12.7. The third kappa shape index (κ3) is 4.06.